The van der Waals surface area contributed by atoms with E-state index in [1.54, 1.807) is 19.1 Å². The fourth-order valence-electron chi connectivity index (χ4n) is 1.16. The second kappa shape index (κ2) is 3.39. The van der Waals surface area contributed by atoms with Gasteiger partial charge in [0.1, 0.15) is 6.54 Å². The van der Waals surface area contributed by atoms with Crippen molar-refractivity contribution in [1.82, 2.24) is 0 Å². The molecule has 0 bridgehead atoms. The highest BCUT2D eigenvalue weighted by molar-refractivity contribution is 5.17. The molecule has 1 aliphatic carbocycles. The third-order valence-corrected chi connectivity index (χ3v) is 2.13. The van der Waals surface area contributed by atoms with Crippen molar-refractivity contribution in [3.63, 3.8) is 0 Å². The van der Waals surface area contributed by atoms with Crippen molar-refractivity contribution >= 4 is 0 Å². The highest BCUT2D eigenvalue weighted by Crippen LogP contribution is 2.21. The molecule has 0 aliphatic heterocycles. The summed E-state index contributed by atoms with van der Waals surface area (Å²) in [7, 11) is 0. The van der Waals surface area contributed by atoms with Gasteiger partial charge in [0, 0.05) is 0 Å². The van der Waals surface area contributed by atoms with Crippen LogP contribution < -0.4 is 0 Å². The Kier molecular flexibility index (Phi) is 2.67. The molecular formula is C9H15NO2. The molecule has 0 spiro atoms. The molecule has 2 unspecified atom stereocenters. The zero-order valence-electron chi connectivity index (χ0n) is 7.53. The third-order valence-electron chi connectivity index (χ3n) is 2.13. The van der Waals surface area contributed by atoms with E-state index in [9.17, 15) is 10.4 Å². The number of quaternary nitrogens is 1. The van der Waals surface area contributed by atoms with Crippen molar-refractivity contribution in [2.24, 2.45) is 5.92 Å². The molecule has 0 aromatic heterocycles. The van der Waals surface area contributed by atoms with E-state index in [0.717, 1.165) is 6.42 Å². The van der Waals surface area contributed by atoms with Crippen molar-refractivity contribution in [3.05, 3.63) is 29.1 Å². The van der Waals surface area contributed by atoms with Gasteiger partial charge in [-0.05, 0) is 31.4 Å². The SMILES string of the molecule is CC[N+]([O-])(O)C1=CCC(C)C=C1. The lowest BCUT2D eigenvalue weighted by molar-refractivity contribution is -1.03. The van der Waals surface area contributed by atoms with E-state index in [1.165, 1.54) is 0 Å². The smallest absolute Gasteiger partial charge is 0.161 e. The second-order valence-corrected chi connectivity index (χ2v) is 3.22. The summed E-state index contributed by atoms with van der Waals surface area (Å²) in [6.45, 7) is 3.90. The highest BCUT2D eigenvalue weighted by atomic mass is 16.8. The van der Waals surface area contributed by atoms with Gasteiger partial charge in [-0.1, -0.05) is 13.0 Å². The van der Waals surface area contributed by atoms with Crippen LogP contribution in [0.3, 0.4) is 0 Å². The molecule has 3 nitrogen and oxygen atoms in total. The Balaban J connectivity index is 2.72. The Morgan fingerprint density at radius 3 is 2.83 bits per heavy atom. The first kappa shape index (κ1) is 9.45. The van der Waals surface area contributed by atoms with Crippen LogP contribution in [0.5, 0.6) is 0 Å². The Bertz CT molecular complexity index is 219. The maximum atomic E-state index is 11.3. The van der Waals surface area contributed by atoms with E-state index in [0.29, 0.717) is 11.6 Å². The molecule has 3 heteroatoms. The van der Waals surface area contributed by atoms with E-state index in [2.05, 4.69) is 6.92 Å². The van der Waals surface area contributed by atoms with Gasteiger partial charge in [-0.3, -0.25) is 0 Å². The fraction of sp³-hybridized carbons (Fsp3) is 0.556. The van der Waals surface area contributed by atoms with Crippen LogP contribution in [-0.2, 0) is 0 Å². The Morgan fingerprint density at radius 1 is 1.75 bits per heavy atom. The summed E-state index contributed by atoms with van der Waals surface area (Å²) >= 11 is 0. The van der Waals surface area contributed by atoms with Crippen molar-refractivity contribution in [2.75, 3.05) is 6.54 Å². The van der Waals surface area contributed by atoms with Crippen LogP contribution in [-0.4, -0.2) is 16.6 Å². The summed E-state index contributed by atoms with van der Waals surface area (Å²) in [6.07, 6.45) is 6.31. The largest absolute Gasteiger partial charge is 0.593 e. The lowest BCUT2D eigenvalue weighted by atomic mass is 10.0. The van der Waals surface area contributed by atoms with E-state index in [4.69, 9.17) is 0 Å². The molecule has 0 saturated heterocycles. The zero-order valence-corrected chi connectivity index (χ0v) is 7.53. The van der Waals surface area contributed by atoms with Gasteiger partial charge in [-0.25, -0.2) is 5.21 Å². The summed E-state index contributed by atoms with van der Waals surface area (Å²) < 4.78 is 0. The normalized spacial score (nSPS) is 28.0. The Labute approximate surface area is 72.7 Å². The van der Waals surface area contributed by atoms with E-state index < -0.39 is 4.81 Å². The van der Waals surface area contributed by atoms with Gasteiger partial charge >= 0.3 is 0 Å². The topological polar surface area (TPSA) is 43.3 Å². The Hall–Kier alpha value is -0.640. The number of hydrogen-bond acceptors (Lipinski definition) is 2. The average Bonchev–Trinajstić information content (AvgIpc) is 2.05. The number of hydrogen-bond donors (Lipinski definition) is 1. The highest BCUT2D eigenvalue weighted by Gasteiger charge is 2.18. The minimum atomic E-state index is -1.25. The van der Waals surface area contributed by atoms with E-state index in [1.807, 2.05) is 6.08 Å². The number of allylic oxidation sites excluding steroid dienone is 3. The third kappa shape index (κ3) is 1.94. The van der Waals surface area contributed by atoms with Gasteiger partial charge in [0.15, 0.2) is 5.70 Å². The summed E-state index contributed by atoms with van der Waals surface area (Å²) in [5, 5.41) is 20.6. The minimum Gasteiger partial charge on any atom is -0.593 e. The zero-order chi connectivity index (χ0) is 9.19. The van der Waals surface area contributed by atoms with Gasteiger partial charge in [0.25, 0.3) is 0 Å². The van der Waals surface area contributed by atoms with Crippen molar-refractivity contribution < 1.29 is 10.0 Å². The molecule has 0 heterocycles. The lowest BCUT2D eigenvalue weighted by Crippen LogP contribution is -2.36. The predicted octanol–water partition coefficient (Wildman–Crippen LogP) is 2.19. The number of hydroxylamine groups is 4. The average molecular weight is 169 g/mol. The van der Waals surface area contributed by atoms with E-state index in [-0.39, 0.29) is 6.54 Å². The maximum absolute atomic E-state index is 11.3. The van der Waals surface area contributed by atoms with Gasteiger partial charge in [0.2, 0.25) is 0 Å². The van der Waals surface area contributed by atoms with Crippen molar-refractivity contribution in [3.8, 4) is 0 Å². The maximum Gasteiger partial charge on any atom is 0.161 e. The summed E-state index contributed by atoms with van der Waals surface area (Å²) in [5.74, 6) is 0.477. The molecule has 1 rings (SSSR count). The molecule has 0 fully saturated rings. The molecular weight excluding hydrogens is 154 g/mol. The van der Waals surface area contributed by atoms with Gasteiger partial charge in [-0.15, -0.1) is 0 Å². The first-order valence-corrected chi connectivity index (χ1v) is 4.27. The van der Waals surface area contributed by atoms with Crippen LogP contribution >= 0.6 is 0 Å². The molecule has 2 atom stereocenters. The van der Waals surface area contributed by atoms with Crippen LogP contribution in [0.2, 0.25) is 0 Å². The number of likely N-dealkylation sites (N-methyl/N-ethyl adjacent to an activating group) is 1. The molecule has 0 aromatic rings. The first-order valence-electron chi connectivity index (χ1n) is 4.27. The minimum absolute atomic E-state index is 0.157. The van der Waals surface area contributed by atoms with Crippen molar-refractivity contribution in [1.29, 1.82) is 0 Å². The fourth-order valence-corrected chi connectivity index (χ4v) is 1.16. The van der Waals surface area contributed by atoms with Crippen LogP contribution in [0.4, 0.5) is 0 Å². The van der Waals surface area contributed by atoms with Crippen molar-refractivity contribution in [2.45, 2.75) is 20.3 Å². The van der Waals surface area contributed by atoms with Gasteiger partial charge in [-0.2, -0.15) is 4.81 Å². The van der Waals surface area contributed by atoms with Gasteiger partial charge in [0.05, 0.1) is 0 Å². The molecule has 1 N–H and O–H groups in total. The van der Waals surface area contributed by atoms with Crippen LogP contribution in [0.1, 0.15) is 20.3 Å². The lowest BCUT2D eigenvalue weighted by Gasteiger charge is -2.33. The molecule has 0 aromatic carbocycles. The van der Waals surface area contributed by atoms with Crippen LogP contribution in [0.25, 0.3) is 0 Å². The van der Waals surface area contributed by atoms with Crippen LogP contribution in [0, 0.1) is 11.1 Å². The molecule has 0 saturated carbocycles. The van der Waals surface area contributed by atoms with E-state index >= 15 is 0 Å². The van der Waals surface area contributed by atoms with Gasteiger partial charge < -0.3 is 5.21 Å². The standard InChI is InChI=1S/C9H15NO2/c1-3-10(11,12)9-6-4-8(2)5-7-9/h4,6-8,11H,3,5H2,1-2H3. The predicted molar refractivity (Wildman–Crippen MR) is 47.0 cm³/mol. The molecule has 12 heavy (non-hydrogen) atoms. The summed E-state index contributed by atoms with van der Waals surface area (Å²) in [5.41, 5.74) is 0.454. The molecule has 68 valence electrons. The molecule has 0 amide bonds. The monoisotopic (exact) mass is 169 g/mol. The summed E-state index contributed by atoms with van der Waals surface area (Å²) in [4.78, 5) is -1.25. The molecule has 0 radical (unpaired) electrons. The number of rotatable bonds is 2. The van der Waals surface area contributed by atoms with Crippen LogP contribution in [0.15, 0.2) is 23.9 Å². The summed E-state index contributed by atoms with van der Waals surface area (Å²) in [6, 6.07) is 0. The quantitative estimate of drug-likeness (QED) is 0.508. The molecule has 1 aliphatic rings. The Morgan fingerprint density at radius 2 is 2.42 bits per heavy atom. The first-order chi connectivity index (χ1) is 5.56. The number of nitrogens with zero attached hydrogens (tertiary/aromatic N) is 1. The second-order valence-electron chi connectivity index (χ2n) is 3.22.